The molecule has 3 N–H and O–H groups in total. The molecule has 5 nitrogen and oxygen atoms in total. The lowest BCUT2D eigenvalue weighted by molar-refractivity contribution is -0.147. The number of amides is 1. The third kappa shape index (κ3) is 4.69. The number of nitrogens with zero attached hydrogens (tertiary/aromatic N) is 1. The zero-order chi connectivity index (χ0) is 14.4. The molecule has 0 saturated carbocycles. The Morgan fingerprint density at radius 1 is 1.42 bits per heavy atom. The first-order chi connectivity index (χ1) is 8.97. The van der Waals surface area contributed by atoms with Crippen molar-refractivity contribution >= 4 is 23.6 Å². The molecular formula is C13H24N2O3S. The van der Waals surface area contributed by atoms with Crippen molar-refractivity contribution in [3.05, 3.63) is 0 Å². The van der Waals surface area contributed by atoms with Crippen molar-refractivity contribution in [1.29, 1.82) is 0 Å². The number of nitrogens with two attached hydrogens (primary N) is 1. The number of carbonyl (C=O) groups excluding carboxylic acids is 1. The van der Waals surface area contributed by atoms with Crippen LogP contribution in [0.3, 0.4) is 0 Å². The summed E-state index contributed by atoms with van der Waals surface area (Å²) in [6.07, 6.45) is 2.14. The van der Waals surface area contributed by atoms with Crippen molar-refractivity contribution in [1.82, 2.24) is 4.90 Å². The summed E-state index contributed by atoms with van der Waals surface area (Å²) in [6.45, 7) is 4.90. The van der Waals surface area contributed by atoms with E-state index in [0.29, 0.717) is 36.4 Å². The summed E-state index contributed by atoms with van der Waals surface area (Å²) >= 11 is 1.50. The van der Waals surface area contributed by atoms with Crippen LogP contribution in [0.4, 0.5) is 0 Å². The maximum absolute atomic E-state index is 12.1. The van der Waals surface area contributed by atoms with Crippen molar-refractivity contribution < 1.29 is 14.7 Å². The van der Waals surface area contributed by atoms with Crippen molar-refractivity contribution in [2.75, 3.05) is 18.2 Å². The first-order valence-corrected chi connectivity index (χ1v) is 7.93. The van der Waals surface area contributed by atoms with Crippen LogP contribution in [0.15, 0.2) is 0 Å². The average Bonchev–Trinajstić information content (AvgIpc) is 2.82. The Morgan fingerprint density at radius 2 is 2.11 bits per heavy atom. The van der Waals surface area contributed by atoms with Crippen LogP contribution in [0.5, 0.6) is 0 Å². The van der Waals surface area contributed by atoms with E-state index in [2.05, 4.69) is 13.8 Å². The topological polar surface area (TPSA) is 83.6 Å². The number of carboxylic acid groups (broad SMARTS) is 1. The molecule has 0 spiro atoms. The zero-order valence-electron chi connectivity index (χ0n) is 11.7. The van der Waals surface area contributed by atoms with Crippen LogP contribution in [-0.2, 0) is 9.59 Å². The summed E-state index contributed by atoms with van der Waals surface area (Å²) in [5.41, 5.74) is 5.58. The number of carbonyl (C=O) groups is 2. The largest absolute Gasteiger partial charge is 0.480 e. The minimum atomic E-state index is -0.902. The zero-order valence-corrected chi connectivity index (χ0v) is 12.5. The number of thioether (sulfide) groups is 1. The summed E-state index contributed by atoms with van der Waals surface area (Å²) in [6, 6.07) is -0.649. The molecule has 1 fully saturated rings. The highest BCUT2D eigenvalue weighted by atomic mass is 32.2. The third-order valence-corrected chi connectivity index (χ3v) is 4.71. The van der Waals surface area contributed by atoms with Gasteiger partial charge in [0.15, 0.2) is 0 Å². The number of hydrogen-bond donors (Lipinski definition) is 2. The van der Waals surface area contributed by atoms with Gasteiger partial charge >= 0.3 is 5.97 Å². The van der Waals surface area contributed by atoms with Gasteiger partial charge in [-0.3, -0.25) is 4.79 Å². The molecule has 1 aliphatic rings. The van der Waals surface area contributed by atoms with E-state index >= 15 is 0 Å². The van der Waals surface area contributed by atoms with E-state index in [9.17, 15) is 9.59 Å². The van der Waals surface area contributed by atoms with Crippen LogP contribution >= 0.6 is 11.8 Å². The Hall–Kier alpha value is -0.750. The molecular weight excluding hydrogens is 264 g/mol. The highest BCUT2D eigenvalue weighted by Gasteiger charge is 2.34. The molecule has 2 unspecified atom stereocenters. The number of hydrogen-bond acceptors (Lipinski definition) is 4. The third-order valence-electron chi connectivity index (χ3n) is 3.70. The fourth-order valence-corrected chi connectivity index (χ4v) is 3.54. The summed E-state index contributed by atoms with van der Waals surface area (Å²) < 4.78 is 0. The van der Waals surface area contributed by atoms with E-state index in [1.807, 2.05) is 0 Å². The van der Waals surface area contributed by atoms with E-state index in [1.165, 1.54) is 16.7 Å². The number of rotatable bonds is 7. The average molecular weight is 288 g/mol. The molecule has 19 heavy (non-hydrogen) atoms. The van der Waals surface area contributed by atoms with Crippen LogP contribution in [0.1, 0.15) is 33.1 Å². The highest BCUT2D eigenvalue weighted by Crippen LogP contribution is 2.25. The van der Waals surface area contributed by atoms with E-state index in [4.69, 9.17) is 10.8 Å². The Balaban J connectivity index is 2.48. The predicted octanol–water partition coefficient (Wildman–Crippen LogP) is 1.37. The lowest BCUT2D eigenvalue weighted by atomic mass is 9.88. The summed E-state index contributed by atoms with van der Waals surface area (Å²) in [5.74, 6) is 0.990. The smallest absolute Gasteiger partial charge is 0.327 e. The molecule has 1 rings (SSSR count). The normalized spacial score (nSPS) is 20.8. The predicted molar refractivity (Wildman–Crippen MR) is 76.8 cm³/mol. The van der Waals surface area contributed by atoms with Crippen LogP contribution in [0.25, 0.3) is 0 Å². The number of carboxylic acids is 1. The first-order valence-electron chi connectivity index (χ1n) is 6.77. The second kappa shape index (κ2) is 7.75. The van der Waals surface area contributed by atoms with Gasteiger partial charge in [0.05, 0.1) is 5.88 Å². The van der Waals surface area contributed by atoms with E-state index in [0.717, 1.165) is 12.8 Å². The second-order valence-corrected chi connectivity index (χ2v) is 6.34. The maximum Gasteiger partial charge on any atom is 0.327 e. The van der Waals surface area contributed by atoms with Gasteiger partial charge in [-0.05, 0) is 31.2 Å². The van der Waals surface area contributed by atoms with E-state index in [-0.39, 0.29) is 5.91 Å². The van der Waals surface area contributed by atoms with Crippen molar-refractivity contribution in [2.24, 2.45) is 17.6 Å². The van der Waals surface area contributed by atoms with Gasteiger partial charge in [0.2, 0.25) is 5.91 Å². The van der Waals surface area contributed by atoms with Gasteiger partial charge in [-0.15, -0.1) is 11.8 Å². The molecule has 0 aromatic heterocycles. The molecule has 1 amide bonds. The Kier molecular flexibility index (Phi) is 6.65. The van der Waals surface area contributed by atoms with Crippen molar-refractivity contribution in [3.8, 4) is 0 Å². The van der Waals surface area contributed by atoms with Gasteiger partial charge in [-0.1, -0.05) is 13.8 Å². The fourth-order valence-electron chi connectivity index (χ4n) is 2.37. The van der Waals surface area contributed by atoms with Crippen LogP contribution in [-0.4, -0.2) is 46.1 Å². The molecule has 110 valence electrons. The molecule has 1 saturated heterocycles. The van der Waals surface area contributed by atoms with Gasteiger partial charge in [0.25, 0.3) is 0 Å². The second-order valence-electron chi connectivity index (χ2n) is 5.34. The van der Waals surface area contributed by atoms with Gasteiger partial charge in [0.1, 0.15) is 6.04 Å². The van der Waals surface area contributed by atoms with Gasteiger partial charge in [-0.2, -0.15) is 0 Å². The SMILES string of the molecule is CC(C)C(CCN)CCC(=O)N1CSCC1C(=O)O. The molecule has 1 heterocycles. The molecule has 6 heteroatoms. The molecule has 0 aromatic rings. The van der Waals surface area contributed by atoms with Crippen LogP contribution in [0, 0.1) is 11.8 Å². The summed E-state index contributed by atoms with van der Waals surface area (Å²) in [5, 5.41) is 9.06. The molecule has 2 atom stereocenters. The fraction of sp³-hybridized carbons (Fsp3) is 0.846. The van der Waals surface area contributed by atoms with Crippen molar-refractivity contribution in [3.63, 3.8) is 0 Å². The van der Waals surface area contributed by atoms with Crippen LogP contribution in [0.2, 0.25) is 0 Å². The van der Waals surface area contributed by atoms with Gasteiger partial charge in [0, 0.05) is 12.2 Å². The summed E-state index contributed by atoms with van der Waals surface area (Å²) in [4.78, 5) is 24.6. The molecule has 1 aliphatic heterocycles. The minimum absolute atomic E-state index is 0.0416. The monoisotopic (exact) mass is 288 g/mol. The summed E-state index contributed by atoms with van der Waals surface area (Å²) in [7, 11) is 0. The molecule has 0 radical (unpaired) electrons. The molecule has 0 aliphatic carbocycles. The van der Waals surface area contributed by atoms with Crippen molar-refractivity contribution in [2.45, 2.75) is 39.2 Å². The van der Waals surface area contributed by atoms with Gasteiger partial charge in [-0.25, -0.2) is 4.79 Å². The molecule has 0 aromatic carbocycles. The Bertz CT molecular complexity index is 323. The number of aliphatic carboxylic acids is 1. The first kappa shape index (κ1) is 16.3. The Morgan fingerprint density at radius 3 is 2.63 bits per heavy atom. The standard InChI is InChI=1S/C13H24N2O3S/c1-9(2)10(5-6-14)3-4-12(16)15-8-19-7-11(15)13(17)18/h9-11H,3-8,14H2,1-2H3,(H,17,18). The highest BCUT2D eigenvalue weighted by molar-refractivity contribution is 7.99. The maximum atomic E-state index is 12.1. The lowest BCUT2D eigenvalue weighted by Gasteiger charge is -2.23. The van der Waals surface area contributed by atoms with E-state index < -0.39 is 12.0 Å². The van der Waals surface area contributed by atoms with Gasteiger partial charge < -0.3 is 15.7 Å². The Labute approximate surface area is 118 Å². The molecule has 0 bridgehead atoms. The lowest BCUT2D eigenvalue weighted by Crippen LogP contribution is -2.41. The minimum Gasteiger partial charge on any atom is -0.480 e. The van der Waals surface area contributed by atoms with E-state index in [1.54, 1.807) is 0 Å². The quantitative estimate of drug-likeness (QED) is 0.739. The van der Waals surface area contributed by atoms with Crippen LogP contribution < -0.4 is 5.73 Å².